The van der Waals surface area contributed by atoms with Crippen LogP contribution in [0.15, 0.2) is 4.99 Å². The van der Waals surface area contributed by atoms with Gasteiger partial charge in [0.1, 0.15) is 0 Å². The topological polar surface area (TPSA) is 21.6 Å². The van der Waals surface area contributed by atoms with Crippen LogP contribution in [0, 0.1) is 0 Å². The second kappa shape index (κ2) is 10.1. The zero-order chi connectivity index (χ0) is 14.8. The van der Waals surface area contributed by atoms with Crippen molar-refractivity contribution in [2.24, 2.45) is 4.99 Å². The summed E-state index contributed by atoms with van der Waals surface area (Å²) < 4.78 is 10.9. The van der Waals surface area contributed by atoms with Gasteiger partial charge in [0.05, 0.1) is 0 Å². The first kappa shape index (κ1) is 18.3. The van der Waals surface area contributed by atoms with E-state index in [9.17, 15) is 0 Å². The zero-order valence-corrected chi connectivity index (χ0v) is 17.1. The number of hydrogen-bond acceptors (Lipinski definition) is 2. The van der Waals surface area contributed by atoms with E-state index >= 15 is 0 Å². The molecule has 2 nitrogen and oxygen atoms in total. The van der Waals surface area contributed by atoms with Crippen LogP contribution in [-0.2, 0) is 4.74 Å². The second-order valence-corrected chi connectivity index (χ2v) is 20.4. The molecule has 0 aromatic rings. The van der Waals surface area contributed by atoms with Crippen molar-refractivity contribution in [1.82, 2.24) is 0 Å². The fraction of sp³-hybridized carbons (Fsp3) is 0.941. The SMILES string of the molecule is CCC[CH2][Sn]([CH2]CCC)([CH2]CCC)[CH]1CCC(OC)=N1. The molecule has 20 heavy (non-hydrogen) atoms. The normalized spacial score (nSPS) is 19.2. The molecular weight excluding hydrogens is 353 g/mol. The Balaban J connectivity index is 2.84. The Morgan fingerprint density at radius 3 is 1.85 bits per heavy atom. The quantitative estimate of drug-likeness (QED) is 0.448. The second-order valence-electron chi connectivity index (χ2n) is 6.45. The molecule has 1 atom stereocenters. The van der Waals surface area contributed by atoms with E-state index in [1.807, 2.05) is 0 Å². The van der Waals surface area contributed by atoms with Gasteiger partial charge in [0.15, 0.2) is 0 Å². The van der Waals surface area contributed by atoms with Crippen molar-refractivity contribution >= 4 is 24.3 Å². The summed E-state index contributed by atoms with van der Waals surface area (Å²) in [4.78, 5) is 5.03. The fourth-order valence-corrected chi connectivity index (χ4v) is 21.0. The number of nitrogens with zero attached hydrogens (tertiary/aromatic N) is 1. The number of methoxy groups -OCH3 is 1. The number of unbranched alkanes of at least 4 members (excludes halogenated alkanes) is 3. The molecule has 0 aromatic carbocycles. The van der Waals surface area contributed by atoms with Gasteiger partial charge in [-0.05, 0) is 0 Å². The Morgan fingerprint density at radius 1 is 1.00 bits per heavy atom. The summed E-state index contributed by atoms with van der Waals surface area (Å²) in [5, 5.41) is 0. The van der Waals surface area contributed by atoms with Crippen LogP contribution in [-0.4, -0.2) is 35.4 Å². The van der Waals surface area contributed by atoms with Gasteiger partial charge in [-0.25, -0.2) is 0 Å². The van der Waals surface area contributed by atoms with Crippen LogP contribution < -0.4 is 0 Å². The van der Waals surface area contributed by atoms with Crippen LogP contribution in [0.2, 0.25) is 13.3 Å². The number of ether oxygens (including phenoxy) is 1. The molecular formula is C17H35NOSn. The monoisotopic (exact) mass is 389 g/mol. The Kier molecular flexibility index (Phi) is 9.22. The van der Waals surface area contributed by atoms with Crippen molar-refractivity contribution in [1.29, 1.82) is 0 Å². The minimum absolute atomic E-state index is 0.726. The molecule has 1 aliphatic heterocycles. The van der Waals surface area contributed by atoms with Crippen molar-refractivity contribution < 1.29 is 4.74 Å². The van der Waals surface area contributed by atoms with Gasteiger partial charge in [-0.2, -0.15) is 0 Å². The summed E-state index contributed by atoms with van der Waals surface area (Å²) in [6.45, 7) is 7.03. The average Bonchev–Trinajstić information content (AvgIpc) is 2.96. The molecule has 0 spiro atoms. The van der Waals surface area contributed by atoms with E-state index in [0.29, 0.717) is 0 Å². The van der Waals surface area contributed by atoms with Crippen molar-refractivity contribution in [2.45, 2.75) is 89.5 Å². The molecule has 1 heterocycles. The van der Waals surface area contributed by atoms with Gasteiger partial charge in [-0.3, -0.25) is 0 Å². The third-order valence-electron chi connectivity index (χ3n) is 4.96. The summed E-state index contributed by atoms with van der Waals surface area (Å²) in [6.07, 6.45) is 10.8. The van der Waals surface area contributed by atoms with Crippen molar-refractivity contribution in [3.63, 3.8) is 0 Å². The molecule has 0 saturated heterocycles. The average molecular weight is 388 g/mol. The standard InChI is InChI=1S/C5H8NO.3C4H9.Sn/c1-7-5-3-2-4-6-5;3*1-3-4-2;/h4H,2-3H2,1H3;3*1,3-4H2,2H3;. The predicted molar refractivity (Wildman–Crippen MR) is 92.4 cm³/mol. The van der Waals surface area contributed by atoms with Crippen LogP contribution in [0.5, 0.6) is 0 Å². The molecule has 0 radical (unpaired) electrons. The fourth-order valence-electron chi connectivity index (χ4n) is 3.62. The van der Waals surface area contributed by atoms with E-state index in [0.717, 1.165) is 16.4 Å². The first-order valence-electron chi connectivity index (χ1n) is 8.83. The van der Waals surface area contributed by atoms with E-state index in [2.05, 4.69) is 20.8 Å². The van der Waals surface area contributed by atoms with Crippen molar-refractivity contribution in [2.75, 3.05) is 7.11 Å². The van der Waals surface area contributed by atoms with Crippen LogP contribution in [0.3, 0.4) is 0 Å². The van der Waals surface area contributed by atoms with E-state index < -0.39 is 18.4 Å². The molecule has 1 rings (SSSR count). The summed E-state index contributed by atoms with van der Waals surface area (Å²) in [6, 6.07) is 0. The Labute approximate surface area is 130 Å². The van der Waals surface area contributed by atoms with Gasteiger partial charge in [0.2, 0.25) is 0 Å². The van der Waals surface area contributed by atoms with Crippen LogP contribution in [0.1, 0.15) is 72.1 Å². The van der Waals surface area contributed by atoms with Crippen molar-refractivity contribution in [3.05, 3.63) is 0 Å². The molecule has 0 bridgehead atoms. The third-order valence-corrected chi connectivity index (χ3v) is 21.7. The van der Waals surface area contributed by atoms with Crippen LogP contribution >= 0.6 is 0 Å². The molecule has 118 valence electrons. The summed E-state index contributed by atoms with van der Waals surface area (Å²) in [5.41, 5.74) is 0. The first-order valence-corrected chi connectivity index (χ1v) is 16.5. The molecule has 3 heteroatoms. The molecule has 0 aromatic heterocycles. The van der Waals surface area contributed by atoms with Gasteiger partial charge >= 0.3 is 131 Å². The summed E-state index contributed by atoms with van der Waals surface area (Å²) in [5.74, 6) is 1.04. The van der Waals surface area contributed by atoms with E-state index in [1.54, 1.807) is 20.4 Å². The van der Waals surface area contributed by atoms with Gasteiger partial charge < -0.3 is 0 Å². The molecule has 0 amide bonds. The van der Waals surface area contributed by atoms with Gasteiger partial charge in [-0.15, -0.1) is 0 Å². The molecule has 0 aliphatic carbocycles. The van der Waals surface area contributed by atoms with Gasteiger partial charge in [0.25, 0.3) is 0 Å². The van der Waals surface area contributed by atoms with Gasteiger partial charge in [-0.1, -0.05) is 0 Å². The maximum atomic E-state index is 5.43. The maximum absolute atomic E-state index is 5.43. The van der Waals surface area contributed by atoms with E-state index in [-0.39, 0.29) is 0 Å². The molecule has 1 aliphatic rings. The van der Waals surface area contributed by atoms with E-state index in [1.165, 1.54) is 44.9 Å². The Bertz CT molecular complexity index is 269. The van der Waals surface area contributed by atoms with Crippen molar-refractivity contribution in [3.8, 4) is 0 Å². The number of hydrogen-bond donors (Lipinski definition) is 0. The van der Waals surface area contributed by atoms with Crippen LogP contribution in [0.4, 0.5) is 0 Å². The molecule has 1 unspecified atom stereocenters. The zero-order valence-electron chi connectivity index (χ0n) is 14.2. The summed E-state index contributed by atoms with van der Waals surface area (Å²) in [7, 11) is 1.79. The van der Waals surface area contributed by atoms with E-state index in [4.69, 9.17) is 9.73 Å². The molecule has 0 N–H and O–H groups in total. The van der Waals surface area contributed by atoms with Crippen LogP contribution in [0.25, 0.3) is 0 Å². The number of rotatable bonds is 10. The Morgan fingerprint density at radius 2 is 1.50 bits per heavy atom. The summed E-state index contributed by atoms with van der Waals surface area (Å²) >= 11 is -2.12. The molecule has 0 fully saturated rings. The first-order chi connectivity index (χ1) is 9.72. The van der Waals surface area contributed by atoms with Gasteiger partial charge in [0, 0.05) is 0 Å². The molecule has 0 saturated carbocycles. The predicted octanol–water partition coefficient (Wildman–Crippen LogP) is 5.58. The number of aliphatic imine (C=N–C) groups is 1. The Hall–Kier alpha value is 0.269. The minimum atomic E-state index is -2.12. The third kappa shape index (κ3) is 5.23.